The van der Waals surface area contributed by atoms with E-state index in [9.17, 15) is 0 Å². The highest BCUT2D eigenvalue weighted by atomic mass is 14.9. The van der Waals surface area contributed by atoms with Gasteiger partial charge < -0.3 is 5.32 Å². The first kappa shape index (κ1) is 10.9. The fourth-order valence-corrected chi connectivity index (χ4v) is 2.52. The maximum Gasteiger partial charge on any atom is 0.111 e. The Balaban J connectivity index is 1.96. The van der Waals surface area contributed by atoms with Crippen molar-refractivity contribution in [3.05, 3.63) is 53.6 Å². The van der Waals surface area contributed by atoms with Crippen LogP contribution in [0.25, 0.3) is 11.1 Å². The van der Waals surface area contributed by atoms with E-state index in [4.69, 9.17) is 5.26 Å². The molecule has 0 saturated carbocycles. The van der Waals surface area contributed by atoms with Crippen molar-refractivity contribution in [1.82, 2.24) is 0 Å². The molecule has 1 unspecified atom stereocenters. The Morgan fingerprint density at radius 1 is 1.11 bits per heavy atom. The number of rotatable bonds is 2. The second-order valence-electron chi connectivity index (χ2n) is 4.70. The van der Waals surface area contributed by atoms with E-state index in [0.29, 0.717) is 0 Å². The van der Waals surface area contributed by atoms with E-state index in [0.717, 1.165) is 12.1 Å². The maximum absolute atomic E-state index is 8.82. The van der Waals surface area contributed by atoms with Crippen molar-refractivity contribution >= 4 is 5.69 Å². The van der Waals surface area contributed by atoms with Crippen molar-refractivity contribution in [3.63, 3.8) is 0 Å². The molecule has 2 aromatic rings. The summed E-state index contributed by atoms with van der Waals surface area (Å²) in [5, 5.41) is 12.0. The number of benzene rings is 2. The molecule has 0 amide bonds. The lowest BCUT2D eigenvalue weighted by molar-refractivity contribution is 1.01. The van der Waals surface area contributed by atoms with Gasteiger partial charge in [-0.2, -0.15) is 5.26 Å². The molecule has 1 atom stereocenters. The lowest BCUT2D eigenvalue weighted by Crippen LogP contribution is -2.11. The first-order valence-corrected chi connectivity index (χ1v) is 6.15. The molecule has 18 heavy (non-hydrogen) atoms. The largest absolute Gasteiger partial charge is 0.370 e. The molecule has 0 heterocycles. The molecule has 0 radical (unpaired) electrons. The van der Waals surface area contributed by atoms with Gasteiger partial charge >= 0.3 is 0 Å². The highest BCUT2D eigenvalue weighted by molar-refractivity contribution is 5.78. The molecule has 0 aromatic heterocycles. The second-order valence-corrected chi connectivity index (χ2v) is 4.70. The molecule has 0 bridgehead atoms. The van der Waals surface area contributed by atoms with E-state index in [2.05, 4.69) is 53.9 Å². The molecule has 1 aliphatic rings. The number of nitrogens with zero attached hydrogens (tertiary/aromatic N) is 1. The zero-order valence-corrected chi connectivity index (χ0v) is 10.3. The van der Waals surface area contributed by atoms with E-state index in [-0.39, 0.29) is 6.04 Å². The van der Waals surface area contributed by atoms with Crippen molar-refractivity contribution < 1.29 is 0 Å². The number of anilines is 1. The van der Waals surface area contributed by atoms with E-state index >= 15 is 0 Å². The van der Waals surface area contributed by atoms with Gasteiger partial charge in [0.05, 0.1) is 6.07 Å². The molecule has 3 rings (SSSR count). The van der Waals surface area contributed by atoms with Gasteiger partial charge in [0.1, 0.15) is 6.04 Å². The quantitative estimate of drug-likeness (QED) is 0.735. The molecule has 0 fully saturated rings. The minimum atomic E-state index is -0.160. The number of hydrogen-bond acceptors (Lipinski definition) is 2. The Bertz CT molecular complexity index is 638. The molecule has 2 heteroatoms. The molecule has 2 aromatic carbocycles. The van der Waals surface area contributed by atoms with E-state index in [1.165, 1.54) is 22.3 Å². The summed E-state index contributed by atoms with van der Waals surface area (Å²) in [6.45, 7) is 1.86. The molecule has 1 aliphatic carbocycles. The molecule has 0 aliphatic heterocycles. The molecule has 1 N–H and O–H groups in total. The summed E-state index contributed by atoms with van der Waals surface area (Å²) >= 11 is 0. The zero-order chi connectivity index (χ0) is 12.5. The normalized spacial score (nSPS) is 13.3. The SMILES string of the molecule is CC(C#N)Nc1ccc2c(c1)Cc1ccccc1-2. The monoisotopic (exact) mass is 234 g/mol. The number of nitrogens with one attached hydrogen (secondary N) is 1. The maximum atomic E-state index is 8.82. The first-order valence-electron chi connectivity index (χ1n) is 6.15. The molecular formula is C16H14N2. The van der Waals surface area contributed by atoms with Crippen LogP contribution in [0.15, 0.2) is 42.5 Å². The highest BCUT2D eigenvalue weighted by Crippen LogP contribution is 2.37. The molecule has 0 spiro atoms. The van der Waals surface area contributed by atoms with Crippen LogP contribution in [0.2, 0.25) is 0 Å². The van der Waals surface area contributed by atoms with Crippen molar-refractivity contribution in [2.24, 2.45) is 0 Å². The highest BCUT2D eigenvalue weighted by Gasteiger charge is 2.17. The van der Waals surface area contributed by atoms with E-state index < -0.39 is 0 Å². The van der Waals surface area contributed by atoms with Crippen LogP contribution in [0.5, 0.6) is 0 Å². The van der Waals surface area contributed by atoms with Gasteiger partial charge in [-0.1, -0.05) is 30.3 Å². The van der Waals surface area contributed by atoms with Crippen LogP contribution in [-0.4, -0.2) is 6.04 Å². The molecular weight excluding hydrogens is 220 g/mol. The van der Waals surface area contributed by atoms with Gasteiger partial charge in [-0.05, 0) is 47.7 Å². The number of nitriles is 1. The standard InChI is InChI=1S/C16H14N2/c1-11(10-17)18-14-6-7-16-13(9-14)8-12-4-2-3-5-15(12)16/h2-7,9,11,18H,8H2,1H3. The molecule has 88 valence electrons. The van der Waals surface area contributed by atoms with E-state index in [1.54, 1.807) is 0 Å². The smallest absolute Gasteiger partial charge is 0.111 e. The average Bonchev–Trinajstić information content (AvgIpc) is 2.76. The van der Waals surface area contributed by atoms with Crippen molar-refractivity contribution in [1.29, 1.82) is 5.26 Å². The number of hydrogen-bond donors (Lipinski definition) is 1. The van der Waals surface area contributed by atoms with Gasteiger partial charge in [0.15, 0.2) is 0 Å². The third-order valence-corrected chi connectivity index (χ3v) is 3.37. The van der Waals surface area contributed by atoms with Gasteiger partial charge in [0, 0.05) is 5.69 Å². The van der Waals surface area contributed by atoms with Crippen LogP contribution in [-0.2, 0) is 6.42 Å². The zero-order valence-electron chi connectivity index (χ0n) is 10.3. The number of fused-ring (bicyclic) bond motifs is 3. The van der Waals surface area contributed by atoms with Gasteiger partial charge in [0.25, 0.3) is 0 Å². The van der Waals surface area contributed by atoms with Crippen LogP contribution < -0.4 is 5.32 Å². The van der Waals surface area contributed by atoms with Crippen LogP contribution in [0.4, 0.5) is 5.69 Å². The fraction of sp³-hybridized carbons (Fsp3) is 0.188. The summed E-state index contributed by atoms with van der Waals surface area (Å²) in [6.07, 6.45) is 0.988. The topological polar surface area (TPSA) is 35.8 Å². The minimum absolute atomic E-state index is 0.160. The van der Waals surface area contributed by atoms with Crippen LogP contribution >= 0.6 is 0 Å². The molecule has 2 nitrogen and oxygen atoms in total. The summed E-state index contributed by atoms with van der Waals surface area (Å²) in [4.78, 5) is 0. The van der Waals surface area contributed by atoms with Crippen molar-refractivity contribution in [2.75, 3.05) is 5.32 Å². The Morgan fingerprint density at radius 2 is 1.89 bits per heavy atom. The third kappa shape index (κ3) is 1.74. The first-order chi connectivity index (χ1) is 8.78. The Morgan fingerprint density at radius 3 is 2.72 bits per heavy atom. The van der Waals surface area contributed by atoms with Crippen molar-refractivity contribution in [3.8, 4) is 17.2 Å². The van der Waals surface area contributed by atoms with Crippen LogP contribution in [0, 0.1) is 11.3 Å². The van der Waals surface area contributed by atoms with Gasteiger partial charge in [-0.25, -0.2) is 0 Å². The van der Waals surface area contributed by atoms with Crippen LogP contribution in [0.3, 0.4) is 0 Å². The summed E-state index contributed by atoms with van der Waals surface area (Å²) in [7, 11) is 0. The summed E-state index contributed by atoms with van der Waals surface area (Å²) < 4.78 is 0. The van der Waals surface area contributed by atoms with Crippen molar-refractivity contribution in [2.45, 2.75) is 19.4 Å². The predicted molar refractivity (Wildman–Crippen MR) is 73.4 cm³/mol. The summed E-state index contributed by atoms with van der Waals surface area (Å²) in [6, 6.07) is 16.9. The predicted octanol–water partition coefficient (Wildman–Crippen LogP) is 3.58. The lowest BCUT2D eigenvalue weighted by Gasteiger charge is -2.09. The van der Waals surface area contributed by atoms with Crippen LogP contribution in [0.1, 0.15) is 18.1 Å². The average molecular weight is 234 g/mol. The minimum Gasteiger partial charge on any atom is -0.370 e. The Labute approximate surface area is 107 Å². The molecule has 0 saturated heterocycles. The Hall–Kier alpha value is -2.27. The Kier molecular flexibility index (Phi) is 2.53. The van der Waals surface area contributed by atoms with Gasteiger partial charge in [-0.3, -0.25) is 0 Å². The lowest BCUT2D eigenvalue weighted by atomic mass is 10.1. The van der Waals surface area contributed by atoms with Gasteiger partial charge in [0.2, 0.25) is 0 Å². The summed E-state index contributed by atoms with van der Waals surface area (Å²) in [5.41, 5.74) is 6.41. The van der Waals surface area contributed by atoms with E-state index in [1.807, 2.05) is 6.92 Å². The fourth-order valence-electron chi connectivity index (χ4n) is 2.52. The summed E-state index contributed by atoms with van der Waals surface area (Å²) in [5.74, 6) is 0. The van der Waals surface area contributed by atoms with Gasteiger partial charge in [-0.15, -0.1) is 0 Å². The second kappa shape index (κ2) is 4.19. The third-order valence-electron chi connectivity index (χ3n) is 3.37.